The lowest BCUT2D eigenvalue weighted by Gasteiger charge is -2.08. The Morgan fingerprint density at radius 1 is 1.11 bits per heavy atom. The number of hydrogen-bond acceptors (Lipinski definition) is 7. The Labute approximate surface area is 123 Å². The average Bonchev–Trinajstić information content (AvgIpc) is 2.45. The second kappa shape index (κ2) is 10.2. The van der Waals surface area contributed by atoms with Crippen molar-refractivity contribution in [1.82, 2.24) is 9.97 Å². The fourth-order valence-electron chi connectivity index (χ4n) is 1.62. The van der Waals surface area contributed by atoms with E-state index in [1.165, 1.54) is 43.2 Å². The maximum atomic E-state index is 5.39. The number of aromatic nitrogens is 2. The van der Waals surface area contributed by atoms with Crippen molar-refractivity contribution in [2.24, 2.45) is 5.84 Å². The van der Waals surface area contributed by atoms with Crippen molar-refractivity contribution < 1.29 is 0 Å². The van der Waals surface area contributed by atoms with Crippen LogP contribution in [0.2, 0.25) is 0 Å². The molecule has 1 rings (SSSR count). The molecule has 0 bridgehead atoms. The highest BCUT2D eigenvalue weighted by molar-refractivity contribution is 7.98. The van der Waals surface area contributed by atoms with Gasteiger partial charge in [-0.25, -0.2) is 15.8 Å². The van der Waals surface area contributed by atoms with Crippen LogP contribution in [0.15, 0.2) is 11.2 Å². The van der Waals surface area contributed by atoms with Gasteiger partial charge in [-0.05, 0) is 31.1 Å². The van der Waals surface area contributed by atoms with Crippen molar-refractivity contribution in [3.05, 3.63) is 6.07 Å². The molecule has 1 aromatic heterocycles. The average molecular weight is 301 g/mol. The van der Waals surface area contributed by atoms with Gasteiger partial charge >= 0.3 is 0 Å². The molecule has 108 valence electrons. The van der Waals surface area contributed by atoms with E-state index in [1.54, 1.807) is 0 Å². The number of nitrogens with two attached hydrogens (primary N) is 1. The van der Waals surface area contributed by atoms with Gasteiger partial charge in [-0.3, -0.25) is 0 Å². The Morgan fingerprint density at radius 2 is 1.84 bits per heavy atom. The highest BCUT2D eigenvalue weighted by atomic mass is 32.2. The second-order valence-corrected chi connectivity index (χ2v) is 5.86. The molecule has 1 aromatic rings. The highest BCUT2D eigenvalue weighted by Crippen LogP contribution is 2.16. The summed E-state index contributed by atoms with van der Waals surface area (Å²) < 4.78 is 0. The zero-order valence-corrected chi connectivity index (χ0v) is 13.2. The molecule has 0 amide bonds. The zero-order chi connectivity index (χ0) is 13.9. The van der Waals surface area contributed by atoms with Crippen LogP contribution in [-0.2, 0) is 0 Å². The Morgan fingerprint density at radius 3 is 2.53 bits per heavy atom. The van der Waals surface area contributed by atoms with E-state index in [-0.39, 0.29) is 0 Å². The lowest BCUT2D eigenvalue weighted by molar-refractivity contribution is 0.688. The number of thioether (sulfide) groups is 2. The molecule has 0 aliphatic carbocycles. The van der Waals surface area contributed by atoms with E-state index in [0.29, 0.717) is 5.82 Å². The summed E-state index contributed by atoms with van der Waals surface area (Å²) >= 11 is 3.42. The van der Waals surface area contributed by atoms with Gasteiger partial charge in [0.15, 0.2) is 5.16 Å². The summed E-state index contributed by atoms with van der Waals surface area (Å²) in [7, 11) is 0. The van der Waals surface area contributed by atoms with Crippen LogP contribution in [0, 0.1) is 0 Å². The zero-order valence-electron chi connectivity index (χ0n) is 11.6. The Kier molecular flexibility index (Phi) is 8.77. The molecule has 1 heterocycles. The van der Waals surface area contributed by atoms with E-state index < -0.39 is 0 Å². The summed E-state index contributed by atoms with van der Waals surface area (Å²) in [5.74, 6) is 8.12. The summed E-state index contributed by atoms with van der Waals surface area (Å²) in [5.41, 5.74) is 2.56. The summed E-state index contributed by atoms with van der Waals surface area (Å²) in [6.07, 6.45) is 9.15. The van der Waals surface area contributed by atoms with Gasteiger partial charge in [-0.15, -0.1) is 0 Å². The first-order chi connectivity index (χ1) is 9.30. The number of rotatable bonds is 10. The molecular weight excluding hydrogens is 278 g/mol. The number of anilines is 2. The van der Waals surface area contributed by atoms with Crippen molar-refractivity contribution >= 4 is 35.2 Å². The van der Waals surface area contributed by atoms with Crippen LogP contribution in [0.25, 0.3) is 0 Å². The molecule has 7 heteroatoms. The third-order valence-electron chi connectivity index (χ3n) is 2.62. The van der Waals surface area contributed by atoms with Gasteiger partial charge in [0, 0.05) is 12.6 Å². The second-order valence-electron chi connectivity index (χ2n) is 4.10. The number of hydrogen-bond donors (Lipinski definition) is 3. The van der Waals surface area contributed by atoms with Crippen molar-refractivity contribution in [2.75, 3.05) is 35.6 Å². The molecule has 0 unspecified atom stereocenters. The first kappa shape index (κ1) is 16.4. The van der Waals surface area contributed by atoms with Crippen molar-refractivity contribution in [1.29, 1.82) is 0 Å². The molecule has 0 fully saturated rings. The molecule has 0 atom stereocenters. The maximum absolute atomic E-state index is 5.39. The number of nitrogens with one attached hydrogen (secondary N) is 2. The predicted molar refractivity (Wildman–Crippen MR) is 87.0 cm³/mol. The van der Waals surface area contributed by atoms with Crippen LogP contribution in [-0.4, -0.2) is 34.8 Å². The highest BCUT2D eigenvalue weighted by Gasteiger charge is 2.02. The molecule has 19 heavy (non-hydrogen) atoms. The third-order valence-corrected chi connectivity index (χ3v) is 3.86. The van der Waals surface area contributed by atoms with Crippen molar-refractivity contribution in [2.45, 2.75) is 30.8 Å². The normalized spacial score (nSPS) is 10.5. The SMILES string of the molecule is CSCCCCCCNc1cc(NN)nc(SC)n1. The summed E-state index contributed by atoms with van der Waals surface area (Å²) in [6.45, 7) is 0.939. The van der Waals surface area contributed by atoms with Gasteiger partial charge in [0.2, 0.25) is 0 Å². The molecule has 0 aliphatic heterocycles. The lowest BCUT2D eigenvalue weighted by atomic mass is 10.2. The Hall–Kier alpha value is -0.660. The van der Waals surface area contributed by atoms with Gasteiger partial charge in [-0.2, -0.15) is 11.8 Å². The van der Waals surface area contributed by atoms with E-state index in [4.69, 9.17) is 5.84 Å². The standard InChI is InChI=1S/C12H23N5S2/c1-18-8-6-4-3-5-7-14-10-9-11(17-13)16-12(15-10)19-2/h9H,3-8,13H2,1-2H3,(H2,14,15,16,17). The molecule has 0 aliphatic rings. The first-order valence-corrected chi connectivity index (χ1v) is 9.04. The van der Waals surface area contributed by atoms with Crippen LogP contribution in [0.1, 0.15) is 25.7 Å². The van der Waals surface area contributed by atoms with Gasteiger partial charge in [-0.1, -0.05) is 24.6 Å². The van der Waals surface area contributed by atoms with Crippen molar-refractivity contribution in [3.8, 4) is 0 Å². The number of hydrazine groups is 1. The van der Waals surface area contributed by atoms with Gasteiger partial charge in [0.25, 0.3) is 0 Å². The summed E-state index contributed by atoms with van der Waals surface area (Å²) in [5, 5.41) is 4.04. The quantitative estimate of drug-likeness (QED) is 0.202. The third kappa shape index (κ3) is 6.89. The predicted octanol–water partition coefficient (Wildman–Crippen LogP) is 2.82. The molecule has 5 nitrogen and oxygen atoms in total. The first-order valence-electron chi connectivity index (χ1n) is 6.42. The molecule has 0 saturated heterocycles. The van der Waals surface area contributed by atoms with Crippen LogP contribution in [0.3, 0.4) is 0 Å². The maximum Gasteiger partial charge on any atom is 0.191 e. The minimum atomic E-state index is 0.641. The summed E-state index contributed by atoms with van der Waals surface area (Å²) in [6, 6.07) is 1.83. The van der Waals surface area contributed by atoms with E-state index >= 15 is 0 Å². The molecule has 0 radical (unpaired) electrons. The molecule has 0 aromatic carbocycles. The molecular formula is C12H23N5S2. The van der Waals surface area contributed by atoms with Gasteiger partial charge < -0.3 is 10.7 Å². The minimum absolute atomic E-state index is 0.641. The number of nitrogen functional groups attached to an aromatic ring is 1. The number of unbranched alkanes of at least 4 members (excludes halogenated alkanes) is 3. The summed E-state index contributed by atoms with van der Waals surface area (Å²) in [4.78, 5) is 8.61. The topological polar surface area (TPSA) is 75.9 Å². The van der Waals surface area contributed by atoms with E-state index in [9.17, 15) is 0 Å². The fraction of sp³-hybridized carbons (Fsp3) is 0.667. The molecule has 0 spiro atoms. The van der Waals surface area contributed by atoms with Crippen LogP contribution < -0.4 is 16.6 Å². The van der Waals surface area contributed by atoms with Crippen LogP contribution in [0.4, 0.5) is 11.6 Å². The van der Waals surface area contributed by atoms with E-state index in [0.717, 1.165) is 17.5 Å². The largest absolute Gasteiger partial charge is 0.370 e. The smallest absolute Gasteiger partial charge is 0.191 e. The monoisotopic (exact) mass is 301 g/mol. The molecule has 0 saturated carbocycles. The Bertz CT molecular complexity index is 340. The van der Waals surface area contributed by atoms with Crippen LogP contribution >= 0.6 is 23.5 Å². The van der Waals surface area contributed by atoms with E-state index in [1.807, 2.05) is 24.1 Å². The Balaban J connectivity index is 2.28. The minimum Gasteiger partial charge on any atom is -0.370 e. The lowest BCUT2D eigenvalue weighted by Crippen LogP contribution is -2.11. The van der Waals surface area contributed by atoms with Crippen LogP contribution in [0.5, 0.6) is 0 Å². The van der Waals surface area contributed by atoms with Gasteiger partial charge in [0.05, 0.1) is 0 Å². The van der Waals surface area contributed by atoms with Crippen molar-refractivity contribution in [3.63, 3.8) is 0 Å². The molecule has 4 N–H and O–H groups in total. The van der Waals surface area contributed by atoms with Gasteiger partial charge in [0.1, 0.15) is 11.6 Å². The van der Waals surface area contributed by atoms with E-state index in [2.05, 4.69) is 27.0 Å². The fourth-order valence-corrected chi connectivity index (χ4v) is 2.49. The number of nitrogens with zero attached hydrogens (tertiary/aromatic N) is 2.